The maximum atomic E-state index is 6.50. The number of fused-ring (bicyclic) bond motifs is 2. The Morgan fingerprint density at radius 2 is 2.00 bits per heavy atom. The first kappa shape index (κ1) is 23.7. The quantitative estimate of drug-likeness (QED) is 0.552. The molecule has 4 N–H and O–H groups in total. The Hall–Kier alpha value is -2.98. The van der Waals surface area contributed by atoms with Crippen LogP contribution in [0.5, 0.6) is 0 Å². The molecule has 0 spiro atoms. The molecule has 2 aliphatic heterocycles. The number of aromatic nitrogens is 4. The molecule has 0 aromatic carbocycles. The van der Waals surface area contributed by atoms with Crippen LogP contribution >= 0.6 is 11.6 Å². The standard InChI is InChI=1S/C25H29ClN6O3/c1-13(5-7-15-11-17(26)22(28)31-14(15)2)6-8-18-19-20(35-25(3,4)34-19)24(33-18)32-10-9-16-21(27)29-12-30-23(16)32/h5,7,9-12,18-20,24H,2,6,8H2,1,3-4H3,(H2,28,31)(H2,27,29,30)/b13-5+,15-7-/t18-,19-,20-,24-/m1/s1. The lowest BCUT2D eigenvalue weighted by molar-refractivity contribution is -0.196. The first-order valence-corrected chi connectivity index (χ1v) is 11.9. The highest BCUT2D eigenvalue weighted by molar-refractivity contribution is 6.32. The molecule has 35 heavy (non-hydrogen) atoms. The van der Waals surface area contributed by atoms with Crippen molar-refractivity contribution < 1.29 is 14.2 Å². The number of rotatable bonds is 5. The summed E-state index contributed by atoms with van der Waals surface area (Å²) in [4.78, 5) is 12.7. The van der Waals surface area contributed by atoms with Crippen molar-refractivity contribution in [3.8, 4) is 0 Å². The molecule has 0 unspecified atom stereocenters. The molecule has 3 aromatic heterocycles. The van der Waals surface area contributed by atoms with Gasteiger partial charge in [-0.25, -0.2) is 15.0 Å². The number of anilines is 2. The van der Waals surface area contributed by atoms with Crippen molar-refractivity contribution in [1.82, 2.24) is 19.5 Å². The topological polar surface area (TPSA) is 123 Å². The zero-order valence-corrected chi connectivity index (χ0v) is 20.7. The predicted molar refractivity (Wildman–Crippen MR) is 136 cm³/mol. The van der Waals surface area contributed by atoms with Gasteiger partial charge in [0.1, 0.15) is 35.8 Å². The van der Waals surface area contributed by atoms with Crippen LogP contribution in [0.25, 0.3) is 23.7 Å². The highest BCUT2D eigenvalue weighted by atomic mass is 35.5. The number of nitrogen functional groups attached to an aromatic ring is 2. The van der Waals surface area contributed by atoms with Crippen LogP contribution in [-0.2, 0) is 14.2 Å². The molecular weight excluding hydrogens is 468 g/mol. The average molecular weight is 497 g/mol. The number of allylic oxidation sites excluding steroid dienone is 2. The van der Waals surface area contributed by atoms with E-state index in [2.05, 4.69) is 28.5 Å². The Labute approximate surface area is 208 Å². The van der Waals surface area contributed by atoms with E-state index in [-0.39, 0.29) is 30.4 Å². The Balaban J connectivity index is 1.36. The summed E-state index contributed by atoms with van der Waals surface area (Å²) in [5.74, 6) is 0.0177. The van der Waals surface area contributed by atoms with Gasteiger partial charge in [-0.05, 0) is 45.7 Å². The smallest absolute Gasteiger partial charge is 0.164 e. The van der Waals surface area contributed by atoms with E-state index >= 15 is 0 Å². The summed E-state index contributed by atoms with van der Waals surface area (Å²) < 4.78 is 21.0. The lowest BCUT2D eigenvalue weighted by Gasteiger charge is -2.25. The van der Waals surface area contributed by atoms with E-state index in [1.54, 1.807) is 6.07 Å². The second kappa shape index (κ2) is 8.91. The van der Waals surface area contributed by atoms with Crippen molar-refractivity contribution in [2.45, 2.75) is 63.9 Å². The van der Waals surface area contributed by atoms with Crippen LogP contribution in [0.3, 0.4) is 0 Å². The molecule has 2 fully saturated rings. The fraction of sp³-hybridized carbons (Fsp3) is 0.400. The summed E-state index contributed by atoms with van der Waals surface area (Å²) in [7, 11) is 0. The van der Waals surface area contributed by atoms with E-state index in [9.17, 15) is 0 Å². The first-order chi connectivity index (χ1) is 16.6. The summed E-state index contributed by atoms with van der Waals surface area (Å²) in [6.07, 6.45) is 7.93. The number of pyridine rings is 1. The largest absolute Gasteiger partial charge is 0.383 e. The van der Waals surface area contributed by atoms with Crippen LogP contribution in [0.15, 0.2) is 36.3 Å². The lowest BCUT2D eigenvalue weighted by atomic mass is 10.0. The second-order valence-corrected chi connectivity index (χ2v) is 9.87. The Morgan fingerprint density at radius 1 is 1.23 bits per heavy atom. The Kier molecular flexibility index (Phi) is 6.04. The minimum Gasteiger partial charge on any atom is -0.383 e. The molecule has 4 atom stereocenters. The van der Waals surface area contributed by atoms with Crippen molar-refractivity contribution in [3.63, 3.8) is 0 Å². The molecule has 0 saturated carbocycles. The van der Waals surface area contributed by atoms with E-state index < -0.39 is 5.79 Å². The molecule has 0 amide bonds. The molecule has 5 rings (SSSR count). The Bertz CT molecular complexity index is 1420. The van der Waals surface area contributed by atoms with Gasteiger partial charge in [-0.2, -0.15) is 0 Å². The van der Waals surface area contributed by atoms with Crippen molar-refractivity contribution in [2.24, 2.45) is 0 Å². The van der Waals surface area contributed by atoms with Gasteiger partial charge in [0.15, 0.2) is 12.0 Å². The summed E-state index contributed by atoms with van der Waals surface area (Å²) >= 11 is 6.11. The molecule has 0 bridgehead atoms. The third-order valence-electron chi connectivity index (χ3n) is 6.43. The van der Waals surface area contributed by atoms with Gasteiger partial charge in [-0.3, -0.25) is 0 Å². The fourth-order valence-corrected chi connectivity index (χ4v) is 4.86. The number of nitrogens with zero attached hydrogens (tertiary/aromatic N) is 4. The van der Waals surface area contributed by atoms with Gasteiger partial charge in [0, 0.05) is 11.4 Å². The van der Waals surface area contributed by atoms with Crippen molar-refractivity contribution in [3.05, 3.63) is 51.9 Å². The van der Waals surface area contributed by atoms with Gasteiger partial charge < -0.3 is 30.2 Å². The number of halogens is 1. The van der Waals surface area contributed by atoms with E-state index in [0.29, 0.717) is 21.8 Å². The highest BCUT2D eigenvalue weighted by Gasteiger charge is 2.55. The van der Waals surface area contributed by atoms with Crippen LogP contribution in [0.2, 0.25) is 5.02 Å². The van der Waals surface area contributed by atoms with E-state index in [4.69, 9.17) is 37.3 Å². The molecule has 3 aromatic rings. The monoisotopic (exact) mass is 496 g/mol. The molecule has 2 saturated heterocycles. The van der Waals surface area contributed by atoms with E-state index in [1.165, 1.54) is 11.9 Å². The normalized spacial score (nSPS) is 26.5. The van der Waals surface area contributed by atoms with Gasteiger partial charge in [0.05, 0.1) is 21.9 Å². The third-order valence-corrected chi connectivity index (χ3v) is 6.73. The van der Waals surface area contributed by atoms with Gasteiger partial charge in [-0.1, -0.05) is 35.9 Å². The van der Waals surface area contributed by atoms with Crippen LogP contribution in [-0.4, -0.2) is 43.6 Å². The summed E-state index contributed by atoms with van der Waals surface area (Å²) in [6, 6.07) is 3.67. The van der Waals surface area contributed by atoms with Gasteiger partial charge >= 0.3 is 0 Å². The molecule has 10 heteroatoms. The number of hydrogen-bond donors (Lipinski definition) is 2. The zero-order valence-electron chi connectivity index (χ0n) is 19.9. The van der Waals surface area contributed by atoms with Crippen LogP contribution in [0.4, 0.5) is 11.6 Å². The van der Waals surface area contributed by atoms with E-state index in [1.807, 2.05) is 42.8 Å². The van der Waals surface area contributed by atoms with Crippen molar-refractivity contribution in [2.75, 3.05) is 11.5 Å². The molecular formula is C25H29ClN6O3. The second-order valence-electron chi connectivity index (χ2n) is 9.46. The van der Waals surface area contributed by atoms with Gasteiger partial charge in [0.2, 0.25) is 0 Å². The van der Waals surface area contributed by atoms with Crippen molar-refractivity contribution >= 4 is 46.9 Å². The molecule has 9 nitrogen and oxygen atoms in total. The number of hydrogen-bond acceptors (Lipinski definition) is 8. The minimum absolute atomic E-state index is 0.150. The van der Waals surface area contributed by atoms with E-state index in [0.717, 1.165) is 23.4 Å². The van der Waals surface area contributed by atoms with Crippen LogP contribution in [0, 0.1) is 0 Å². The molecule has 0 radical (unpaired) electrons. The first-order valence-electron chi connectivity index (χ1n) is 11.5. The maximum absolute atomic E-state index is 6.50. The third kappa shape index (κ3) is 4.52. The highest BCUT2D eigenvalue weighted by Crippen LogP contribution is 2.45. The van der Waals surface area contributed by atoms with Crippen LogP contribution < -0.4 is 22.0 Å². The molecule has 184 valence electrons. The number of ether oxygens (including phenoxy) is 3. The summed E-state index contributed by atoms with van der Waals surface area (Å²) in [5, 5.41) is 2.61. The SMILES string of the molecule is C=c1nc(N)c(Cl)c/c1=C/C=C(\C)CC[C@H]1O[C@@H](n2ccc3c(N)ncnc32)[C@@H]2OC(C)(C)O[C@@H]21. The van der Waals surface area contributed by atoms with Gasteiger partial charge in [-0.15, -0.1) is 0 Å². The Morgan fingerprint density at radius 3 is 2.80 bits per heavy atom. The molecule has 0 aliphatic carbocycles. The molecule has 2 aliphatic rings. The average Bonchev–Trinajstić information content (AvgIpc) is 3.45. The fourth-order valence-electron chi connectivity index (χ4n) is 4.70. The maximum Gasteiger partial charge on any atom is 0.164 e. The lowest BCUT2D eigenvalue weighted by Crippen LogP contribution is -2.29. The zero-order chi connectivity index (χ0) is 24.9. The van der Waals surface area contributed by atoms with Crippen molar-refractivity contribution in [1.29, 1.82) is 0 Å². The number of nitrogens with two attached hydrogens (primary N) is 2. The molecule has 5 heterocycles. The van der Waals surface area contributed by atoms with Crippen LogP contribution in [0.1, 0.15) is 39.8 Å². The predicted octanol–water partition coefficient (Wildman–Crippen LogP) is 2.68. The summed E-state index contributed by atoms with van der Waals surface area (Å²) in [6.45, 7) is 9.87. The minimum atomic E-state index is -0.697. The summed E-state index contributed by atoms with van der Waals surface area (Å²) in [5.41, 5.74) is 13.7. The van der Waals surface area contributed by atoms with Gasteiger partial charge in [0.25, 0.3) is 0 Å².